The van der Waals surface area contributed by atoms with Gasteiger partial charge in [0, 0.05) is 6.54 Å². The van der Waals surface area contributed by atoms with Gasteiger partial charge in [0.05, 0.1) is 19.1 Å². The number of rotatable bonds is 8. The lowest BCUT2D eigenvalue weighted by Gasteiger charge is -2.22. The maximum atomic E-state index is 11.5. The van der Waals surface area contributed by atoms with Gasteiger partial charge < -0.3 is 25.6 Å². The molecule has 1 aliphatic carbocycles. The van der Waals surface area contributed by atoms with E-state index in [1.165, 1.54) is 6.42 Å². The molecule has 0 aromatic carbocycles. The number of urea groups is 1. The van der Waals surface area contributed by atoms with Crippen LogP contribution < -0.4 is 10.6 Å². The minimum Gasteiger partial charge on any atom is -0.481 e. The highest BCUT2D eigenvalue weighted by Crippen LogP contribution is 2.19. The van der Waals surface area contributed by atoms with E-state index in [-0.39, 0.29) is 12.6 Å². The van der Waals surface area contributed by atoms with E-state index in [4.69, 9.17) is 14.9 Å². The highest BCUT2D eigenvalue weighted by atomic mass is 16.5. The molecule has 2 amide bonds. The van der Waals surface area contributed by atoms with Crippen molar-refractivity contribution in [1.82, 2.24) is 10.6 Å². The fraction of sp³-hybridized carbons (Fsp3) is 0.769. The SMILES string of the molecule is O=C(O)C[C@@H](NC(=O)NCCOC1CCCCC1)C(=O)O. The van der Waals surface area contributed by atoms with Crippen LogP contribution in [0.3, 0.4) is 0 Å². The lowest BCUT2D eigenvalue weighted by molar-refractivity contribution is -0.145. The van der Waals surface area contributed by atoms with Crippen LogP contribution in [0.2, 0.25) is 0 Å². The van der Waals surface area contributed by atoms with Crippen molar-refractivity contribution in [3.8, 4) is 0 Å². The molecule has 1 fully saturated rings. The topological polar surface area (TPSA) is 125 Å². The van der Waals surface area contributed by atoms with Crippen LogP contribution in [0.15, 0.2) is 0 Å². The van der Waals surface area contributed by atoms with Gasteiger partial charge in [-0.15, -0.1) is 0 Å². The zero-order chi connectivity index (χ0) is 15.7. The Bertz CT molecular complexity index is 368. The Morgan fingerprint density at radius 1 is 1.14 bits per heavy atom. The molecule has 8 heteroatoms. The van der Waals surface area contributed by atoms with Crippen molar-refractivity contribution in [2.24, 2.45) is 0 Å². The van der Waals surface area contributed by atoms with E-state index in [0.29, 0.717) is 6.61 Å². The molecule has 0 heterocycles. The van der Waals surface area contributed by atoms with Gasteiger partial charge in [0.25, 0.3) is 0 Å². The van der Waals surface area contributed by atoms with Crippen molar-refractivity contribution < 1.29 is 29.3 Å². The van der Waals surface area contributed by atoms with Gasteiger partial charge >= 0.3 is 18.0 Å². The Labute approximate surface area is 122 Å². The van der Waals surface area contributed by atoms with Crippen molar-refractivity contribution in [2.75, 3.05) is 13.2 Å². The van der Waals surface area contributed by atoms with Crippen LogP contribution >= 0.6 is 0 Å². The number of hydrogen-bond donors (Lipinski definition) is 4. The van der Waals surface area contributed by atoms with Crippen LogP contribution in [0.4, 0.5) is 4.79 Å². The molecule has 4 N–H and O–H groups in total. The van der Waals surface area contributed by atoms with Gasteiger partial charge in [-0.1, -0.05) is 19.3 Å². The third-order valence-electron chi connectivity index (χ3n) is 3.28. The highest BCUT2D eigenvalue weighted by molar-refractivity contribution is 5.86. The summed E-state index contributed by atoms with van der Waals surface area (Å²) in [5.74, 6) is -2.67. The molecule has 0 saturated heterocycles. The first-order chi connectivity index (χ1) is 9.99. The van der Waals surface area contributed by atoms with Crippen LogP contribution in [0.25, 0.3) is 0 Å². The highest BCUT2D eigenvalue weighted by Gasteiger charge is 2.22. The Hall–Kier alpha value is -1.83. The van der Waals surface area contributed by atoms with Crippen molar-refractivity contribution in [3.63, 3.8) is 0 Å². The summed E-state index contributed by atoms with van der Waals surface area (Å²) < 4.78 is 5.60. The van der Waals surface area contributed by atoms with E-state index in [1.54, 1.807) is 0 Å². The zero-order valence-corrected chi connectivity index (χ0v) is 11.8. The molecule has 0 radical (unpaired) electrons. The zero-order valence-electron chi connectivity index (χ0n) is 11.8. The van der Waals surface area contributed by atoms with E-state index in [1.807, 2.05) is 0 Å². The van der Waals surface area contributed by atoms with E-state index < -0.39 is 30.4 Å². The average Bonchev–Trinajstić information content (AvgIpc) is 2.43. The summed E-state index contributed by atoms with van der Waals surface area (Å²) in [6.45, 7) is 0.608. The molecule has 0 spiro atoms. The van der Waals surface area contributed by atoms with Gasteiger partial charge in [-0.3, -0.25) is 4.79 Å². The molecule has 0 aromatic rings. The number of hydrogen-bond acceptors (Lipinski definition) is 4. The van der Waals surface area contributed by atoms with Crippen LogP contribution in [0.1, 0.15) is 38.5 Å². The largest absolute Gasteiger partial charge is 0.481 e. The van der Waals surface area contributed by atoms with Crippen LogP contribution in [-0.4, -0.2) is 53.5 Å². The number of nitrogens with one attached hydrogen (secondary N) is 2. The van der Waals surface area contributed by atoms with Crippen LogP contribution in [0.5, 0.6) is 0 Å². The standard InChI is InChI=1S/C13H22N2O6/c16-11(17)8-10(12(18)19)15-13(20)14-6-7-21-9-4-2-1-3-5-9/h9-10H,1-8H2,(H,16,17)(H,18,19)(H2,14,15,20)/t10-/m1/s1. The molecule has 1 aliphatic rings. The van der Waals surface area contributed by atoms with E-state index in [2.05, 4.69) is 10.6 Å². The number of carboxylic acid groups (broad SMARTS) is 2. The molecule has 120 valence electrons. The lowest BCUT2D eigenvalue weighted by atomic mass is 9.98. The van der Waals surface area contributed by atoms with E-state index >= 15 is 0 Å². The number of carbonyl (C=O) groups excluding carboxylic acids is 1. The number of amides is 2. The summed E-state index contributed by atoms with van der Waals surface area (Å²) in [7, 11) is 0. The molecule has 0 bridgehead atoms. The van der Waals surface area contributed by atoms with Gasteiger partial charge in [-0.05, 0) is 12.8 Å². The molecule has 0 aliphatic heterocycles. The summed E-state index contributed by atoms with van der Waals surface area (Å²) in [6.07, 6.45) is 5.20. The molecule has 1 saturated carbocycles. The van der Waals surface area contributed by atoms with Crippen molar-refractivity contribution in [3.05, 3.63) is 0 Å². The maximum Gasteiger partial charge on any atom is 0.326 e. The monoisotopic (exact) mass is 302 g/mol. The minimum atomic E-state index is -1.44. The molecule has 8 nitrogen and oxygen atoms in total. The molecule has 1 atom stereocenters. The minimum absolute atomic E-state index is 0.238. The maximum absolute atomic E-state index is 11.5. The average molecular weight is 302 g/mol. The number of aliphatic carboxylic acids is 2. The first-order valence-electron chi connectivity index (χ1n) is 7.09. The lowest BCUT2D eigenvalue weighted by Crippen LogP contribution is -2.47. The second kappa shape index (κ2) is 9.17. The van der Waals surface area contributed by atoms with Gasteiger partial charge in [0.1, 0.15) is 6.04 Å². The number of ether oxygens (including phenoxy) is 1. The van der Waals surface area contributed by atoms with Crippen LogP contribution in [0, 0.1) is 0 Å². The fourth-order valence-corrected chi connectivity index (χ4v) is 2.21. The summed E-state index contributed by atoms with van der Waals surface area (Å²) >= 11 is 0. The first kappa shape index (κ1) is 17.2. The summed E-state index contributed by atoms with van der Waals surface area (Å²) in [5, 5.41) is 21.9. The summed E-state index contributed by atoms with van der Waals surface area (Å²) in [4.78, 5) is 32.7. The van der Waals surface area contributed by atoms with Crippen LogP contribution in [-0.2, 0) is 14.3 Å². The van der Waals surface area contributed by atoms with Gasteiger partial charge in [0.15, 0.2) is 0 Å². The molecule has 1 rings (SSSR count). The molecule has 0 aromatic heterocycles. The number of carbonyl (C=O) groups is 3. The van der Waals surface area contributed by atoms with Crippen molar-refractivity contribution in [1.29, 1.82) is 0 Å². The van der Waals surface area contributed by atoms with Crippen molar-refractivity contribution in [2.45, 2.75) is 50.7 Å². The van der Waals surface area contributed by atoms with E-state index in [9.17, 15) is 14.4 Å². The second-order valence-electron chi connectivity index (χ2n) is 5.02. The van der Waals surface area contributed by atoms with Crippen molar-refractivity contribution >= 4 is 18.0 Å². The van der Waals surface area contributed by atoms with Gasteiger partial charge in [-0.2, -0.15) is 0 Å². The summed E-state index contributed by atoms with van der Waals surface area (Å²) in [5.41, 5.74) is 0. The molecular weight excluding hydrogens is 280 g/mol. The van der Waals surface area contributed by atoms with Gasteiger partial charge in [-0.25, -0.2) is 9.59 Å². The Morgan fingerprint density at radius 3 is 2.38 bits per heavy atom. The Balaban J connectivity index is 2.16. The first-order valence-corrected chi connectivity index (χ1v) is 7.09. The van der Waals surface area contributed by atoms with E-state index in [0.717, 1.165) is 25.7 Å². The predicted octanol–water partition coefficient (Wildman–Crippen LogP) is 0.563. The smallest absolute Gasteiger partial charge is 0.326 e. The fourth-order valence-electron chi connectivity index (χ4n) is 2.21. The number of carboxylic acids is 2. The normalized spacial score (nSPS) is 17.0. The third kappa shape index (κ3) is 7.50. The third-order valence-corrected chi connectivity index (χ3v) is 3.28. The second-order valence-corrected chi connectivity index (χ2v) is 5.02. The molecular formula is C13H22N2O6. The Kier molecular flexibility index (Phi) is 7.52. The molecule has 21 heavy (non-hydrogen) atoms. The summed E-state index contributed by atoms with van der Waals surface area (Å²) in [6, 6.07) is -2.15. The quantitative estimate of drug-likeness (QED) is 0.486. The molecule has 0 unspecified atom stereocenters. The predicted molar refractivity (Wildman–Crippen MR) is 73.0 cm³/mol. The Morgan fingerprint density at radius 2 is 1.81 bits per heavy atom. The van der Waals surface area contributed by atoms with Gasteiger partial charge in [0.2, 0.25) is 0 Å².